The molecule has 4 nitrogen and oxygen atoms in total. The van der Waals surface area contributed by atoms with Crippen molar-refractivity contribution in [3.8, 4) is 10.6 Å². The summed E-state index contributed by atoms with van der Waals surface area (Å²) in [6, 6.07) is 5.32. The Morgan fingerprint density at radius 2 is 2.18 bits per heavy atom. The maximum absolute atomic E-state index is 11.5. The lowest BCUT2D eigenvalue weighted by Gasteiger charge is -1.96. The Hall–Kier alpha value is -1.88. The highest BCUT2D eigenvalue weighted by atomic mass is 32.1. The normalized spacial score (nSPS) is 10.2. The summed E-state index contributed by atoms with van der Waals surface area (Å²) in [6.45, 7) is 1.47. The highest BCUT2D eigenvalue weighted by molar-refractivity contribution is 7.13. The average Bonchev–Trinajstić information content (AvgIpc) is 2.95. The molecule has 2 aromatic heterocycles. The molecule has 88 valence electrons. The van der Waals surface area contributed by atoms with Crippen LogP contribution in [0, 0.1) is 0 Å². The summed E-state index contributed by atoms with van der Waals surface area (Å²) in [7, 11) is 1.31. The molecule has 0 aliphatic carbocycles. The molecule has 2 aromatic rings. The van der Waals surface area contributed by atoms with Crippen molar-refractivity contribution in [2.24, 2.45) is 0 Å². The third-order valence-electron chi connectivity index (χ3n) is 2.37. The third kappa shape index (κ3) is 2.14. The van der Waals surface area contributed by atoms with Gasteiger partial charge in [0.1, 0.15) is 5.69 Å². The van der Waals surface area contributed by atoms with Crippen molar-refractivity contribution < 1.29 is 14.3 Å². The van der Waals surface area contributed by atoms with Gasteiger partial charge < -0.3 is 9.72 Å². The van der Waals surface area contributed by atoms with Gasteiger partial charge in [0.2, 0.25) is 0 Å². The number of nitrogens with one attached hydrogen (secondary N) is 1. The number of methoxy groups -OCH3 is 1. The molecule has 0 bridgehead atoms. The second-order valence-electron chi connectivity index (χ2n) is 3.50. The van der Waals surface area contributed by atoms with Crippen molar-refractivity contribution in [3.63, 3.8) is 0 Å². The molecule has 0 aliphatic rings. The van der Waals surface area contributed by atoms with Crippen molar-refractivity contribution in [1.82, 2.24) is 4.98 Å². The van der Waals surface area contributed by atoms with E-state index in [0.717, 1.165) is 4.88 Å². The molecular weight excluding hydrogens is 238 g/mol. The third-order valence-corrected chi connectivity index (χ3v) is 3.26. The fraction of sp³-hybridized carbons (Fsp3) is 0.167. The first kappa shape index (κ1) is 11.6. The fourth-order valence-corrected chi connectivity index (χ4v) is 2.31. The van der Waals surface area contributed by atoms with Crippen LogP contribution in [0.1, 0.15) is 27.8 Å². The minimum absolute atomic E-state index is 0.0835. The number of hydrogen-bond acceptors (Lipinski definition) is 4. The van der Waals surface area contributed by atoms with E-state index in [4.69, 9.17) is 0 Å². The van der Waals surface area contributed by atoms with Gasteiger partial charge in [-0.1, -0.05) is 6.07 Å². The zero-order valence-electron chi connectivity index (χ0n) is 9.44. The molecule has 0 atom stereocenters. The van der Waals surface area contributed by atoms with Crippen LogP contribution in [0.4, 0.5) is 0 Å². The minimum Gasteiger partial charge on any atom is -0.464 e. The summed E-state index contributed by atoms with van der Waals surface area (Å²) in [5.41, 5.74) is 1.47. The van der Waals surface area contributed by atoms with Gasteiger partial charge in [-0.05, 0) is 24.4 Å². The summed E-state index contributed by atoms with van der Waals surface area (Å²) in [5, 5.41) is 1.91. The lowest BCUT2D eigenvalue weighted by molar-refractivity contribution is 0.0595. The Kier molecular flexibility index (Phi) is 3.10. The van der Waals surface area contributed by atoms with E-state index in [-0.39, 0.29) is 5.78 Å². The van der Waals surface area contributed by atoms with Gasteiger partial charge in [0, 0.05) is 5.56 Å². The predicted molar refractivity (Wildman–Crippen MR) is 65.4 cm³/mol. The molecule has 0 amide bonds. The molecule has 0 aliphatic heterocycles. The Balaban J connectivity index is 2.54. The molecule has 0 radical (unpaired) electrons. The number of Topliss-reactive ketones (excluding diaryl/α,β-unsaturated/α-hetero) is 1. The van der Waals surface area contributed by atoms with Crippen molar-refractivity contribution in [3.05, 3.63) is 34.8 Å². The molecule has 1 N–H and O–H groups in total. The summed E-state index contributed by atoms with van der Waals surface area (Å²) < 4.78 is 4.62. The van der Waals surface area contributed by atoms with Crippen LogP contribution in [0.5, 0.6) is 0 Å². The number of ketones is 1. The van der Waals surface area contributed by atoms with Gasteiger partial charge in [-0.2, -0.15) is 0 Å². The molecule has 0 fully saturated rings. The predicted octanol–water partition coefficient (Wildman–Crippen LogP) is 2.73. The van der Waals surface area contributed by atoms with Crippen LogP contribution in [-0.2, 0) is 4.74 Å². The molecule has 2 rings (SSSR count). The number of ether oxygens (including phenoxy) is 1. The molecule has 0 saturated heterocycles. The standard InChI is InChI=1S/C12H11NO3S/c1-7(14)8-6-9(12(15)16-2)13-11(8)10-4-3-5-17-10/h3-6,13H,1-2H3. The number of carbonyl (C=O) groups excluding carboxylic acids is 2. The smallest absolute Gasteiger partial charge is 0.354 e. The van der Waals surface area contributed by atoms with Crippen LogP contribution in [0.25, 0.3) is 10.6 Å². The van der Waals surface area contributed by atoms with Gasteiger partial charge in [0.25, 0.3) is 0 Å². The second kappa shape index (κ2) is 4.55. The van der Waals surface area contributed by atoms with Gasteiger partial charge in [0.05, 0.1) is 17.7 Å². The average molecular weight is 249 g/mol. The summed E-state index contributed by atoms with van der Waals surface area (Å²) in [6.07, 6.45) is 0. The van der Waals surface area contributed by atoms with Crippen LogP contribution in [0.2, 0.25) is 0 Å². The number of H-pyrrole nitrogens is 1. The lowest BCUT2D eigenvalue weighted by atomic mass is 10.1. The topological polar surface area (TPSA) is 59.2 Å². The Morgan fingerprint density at radius 3 is 2.71 bits per heavy atom. The van der Waals surface area contributed by atoms with Gasteiger partial charge in [0.15, 0.2) is 5.78 Å². The first-order chi connectivity index (χ1) is 8.13. The molecule has 17 heavy (non-hydrogen) atoms. The van der Waals surface area contributed by atoms with Crippen molar-refractivity contribution in [2.45, 2.75) is 6.92 Å². The molecule has 0 unspecified atom stereocenters. The van der Waals surface area contributed by atoms with E-state index in [1.54, 1.807) is 0 Å². The second-order valence-corrected chi connectivity index (χ2v) is 4.44. The number of rotatable bonds is 3. The van der Waals surface area contributed by atoms with Crippen molar-refractivity contribution in [1.29, 1.82) is 0 Å². The van der Waals surface area contributed by atoms with E-state index < -0.39 is 5.97 Å². The van der Waals surface area contributed by atoms with E-state index in [1.165, 1.54) is 31.4 Å². The van der Waals surface area contributed by atoms with Crippen molar-refractivity contribution in [2.75, 3.05) is 7.11 Å². The van der Waals surface area contributed by atoms with Crippen LogP contribution in [-0.4, -0.2) is 23.8 Å². The molecule has 2 heterocycles. The van der Waals surface area contributed by atoms with Gasteiger partial charge >= 0.3 is 5.97 Å². The minimum atomic E-state index is -0.477. The maximum Gasteiger partial charge on any atom is 0.354 e. The summed E-state index contributed by atoms with van der Waals surface area (Å²) in [5.74, 6) is -0.560. The molecule has 5 heteroatoms. The number of carbonyl (C=O) groups is 2. The zero-order chi connectivity index (χ0) is 12.4. The number of thiophene rings is 1. The highest BCUT2D eigenvalue weighted by Gasteiger charge is 2.18. The quantitative estimate of drug-likeness (QED) is 0.672. The summed E-state index contributed by atoms with van der Waals surface area (Å²) >= 11 is 1.50. The van der Waals surface area contributed by atoms with E-state index in [9.17, 15) is 9.59 Å². The van der Waals surface area contributed by atoms with Crippen molar-refractivity contribution >= 4 is 23.1 Å². The largest absolute Gasteiger partial charge is 0.464 e. The van der Waals surface area contributed by atoms with Gasteiger partial charge in [-0.25, -0.2) is 4.79 Å². The monoisotopic (exact) mass is 249 g/mol. The van der Waals surface area contributed by atoms with Gasteiger partial charge in [-0.3, -0.25) is 4.79 Å². The number of esters is 1. The Bertz CT molecular complexity index is 554. The Morgan fingerprint density at radius 1 is 1.41 bits per heavy atom. The number of hydrogen-bond donors (Lipinski definition) is 1. The van der Waals surface area contributed by atoms with Crippen LogP contribution in [0.15, 0.2) is 23.6 Å². The lowest BCUT2D eigenvalue weighted by Crippen LogP contribution is -2.00. The van der Waals surface area contributed by atoms with Crippen LogP contribution < -0.4 is 0 Å². The van der Waals surface area contributed by atoms with Gasteiger partial charge in [-0.15, -0.1) is 11.3 Å². The summed E-state index contributed by atoms with van der Waals surface area (Å²) in [4.78, 5) is 26.8. The zero-order valence-corrected chi connectivity index (χ0v) is 10.3. The van der Waals surface area contributed by atoms with E-state index in [1.807, 2.05) is 17.5 Å². The fourth-order valence-electron chi connectivity index (χ4n) is 1.57. The molecular formula is C12H11NO3S. The highest BCUT2D eigenvalue weighted by Crippen LogP contribution is 2.28. The van der Waals surface area contributed by atoms with E-state index >= 15 is 0 Å². The molecule has 0 spiro atoms. The molecule has 0 aromatic carbocycles. The van der Waals surface area contributed by atoms with Crippen LogP contribution >= 0.6 is 11.3 Å². The first-order valence-corrected chi connectivity index (χ1v) is 5.87. The first-order valence-electron chi connectivity index (χ1n) is 4.99. The Labute approximate surface area is 102 Å². The van der Waals surface area contributed by atoms with E-state index in [2.05, 4.69) is 9.72 Å². The maximum atomic E-state index is 11.5. The van der Waals surface area contributed by atoms with Crippen LogP contribution in [0.3, 0.4) is 0 Å². The SMILES string of the molecule is COC(=O)c1cc(C(C)=O)c(-c2cccs2)[nH]1. The number of aromatic amines is 1. The van der Waals surface area contributed by atoms with E-state index in [0.29, 0.717) is 17.0 Å². The molecule has 0 saturated carbocycles. The number of aromatic nitrogens is 1.